The lowest BCUT2D eigenvalue weighted by Crippen LogP contribution is -2.24. The lowest BCUT2D eigenvalue weighted by Gasteiger charge is -2.23. The minimum Gasteiger partial charge on any atom is -0.492 e. The van der Waals surface area contributed by atoms with Gasteiger partial charge in [0.1, 0.15) is 10.6 Å². The molecule has 2 aliphatic rings. The molecule has 0 N–H and O–H groups in total. The average Bonchev–Trinajstić information content (AvgIpc) is 3.33. The van der Waals surface area contributed by atoms with Crippen molar-refractivity contribution in [2.75, 3.05) is 6.61 Å². The Morgan fingerprint density at radius 2 is 2.00 bits per heavy atom. The van der Waals surface area contributed by atoms with Crippen molar-refractivity contribution in [2.24, 2.45) is 13.0 Å². The van der Waals surface area contributed by atoms with Crippen molar-refractivity contribution in [1.82, 2.24) is 4.57 Å². The molecule has 0 radical (unpaired) electrons. The van der Waals surface area contributed by atoms with Crippen LogP contribution in [0.15, 0.2) is 40.5 Å². The zero-order valence-electron chi connectivity index (χ0n) is 14.1. The van der Waals surface area contributed by atoms with Gasteiger partial charge < -0.3 is 9.30 Å². The highest BCUT2D eigenvalue weighted by Crippen LogP contribution is 2.33. The summed E-state index contributed by atoms with van der Waals surface area (Å²) in [6.07, 6.45) is 7.65. The smallest absolute Gasteiger partial charge is 0.253 e. The highest BCUT2D eigenvalue weighted by molar-refractivity contribution is 7.73. The second-order valence-electron chi connectivity index (χ2n) is 6.62. The quantitative estimate of drug-likeness (QED) is 0.783. The zero-order chi connectivity index (χ0) is 17.4. The van der Waals surface area contributed by atoms with E-state index < -0.39 is 16.2 Å². The summed E-state index contributed by atoms with van der Waals surface area (Å²) in [5, 5.41) is 0. The second kappa shape index (κ2) is 6.43. The fourth-order valence-electron chi connectivity index (χ4n) is 2.94. The molecule has 128 valence electrons. The van der Waals surface area contributed by atoms with Gasteiger partial charge in [-0.2, -0.15) is 8.42 Å². The summed E-state index contributed by atoms with van der Waals surface area (Å²) in [5.41, 5.74) is 2.23. The molecule has 0 spiro atoms. The Morgan fingerprint density at radius 1 is 1.29 bits per heavy atom. The predicted molar refractivity (Wildman–Crippen MR) is 93.6 cm³/mol. The van der Waals surface area contributed by atoms with Crippen LogP contribution in [0.3, 0.4) is 0 Å². The van der Waals surface area contributed by atoms with Gasteiger partial charge in [0, 0.05) is 24.7 Å². The van der Waals surface area contributed by atoms with E-state index in [1.165, 1.54) is 4.57 Å². The molecule has 1 saturated carbocycles. The lowest BCUT2D eigenvalue weighted by molar-refractivity contribution is 0.216. The number of allylic oxidation sites excluding steroid dienone is 4. The highest BCUT2D eigenvalue weighted by Gasteiger charge is 2.29. The Labute approximate surface area is 142 Å². The van der Waals surface area contributed by atoms with Crippen LogP contribution in [-0.4, -0.2) is 24.5 Å². The second-order valence-corrected chi connectivity index (χ2v) is 7.53. The van der Waals surface area contributed by atoms with Crippen LogP contribution in [-0.2, 0) is 22.1 Å². The van der Waals surface area contributed by atoms with Gasteiger partial charge in [0.15, 0.2) is 0 Å². The summed E-state index contributed by atoms with van der Waals surface area (Å²) in [6.45, 7) is 4.21. The van der Waals surface area contributed by atoms with Crippen molar-refractivity contribution >= 4 is 15.2 Å². The number of aryl methyl sites for hydroxylation is 2. The first-order valence-electron chi connectivity index (χ1n) is 8.03. The number of hydrogen-bond acceptors (Lipinski definition) is 4. The Morgan fingerprint density at radius 3 is 2.58 bits per heavy atom. The summed E-state index contributed by atoms with van der Waals surface area (Å²) in [5.74, 6) is 0.525. The standard InChI is InChI=1S/C18H21NO4S/c1-11-6-15(14-8-12(2)18(20)19(3)9-14)17(24(21)22)16(7-11)23-10-13-4-5-13/h6-9,13,15H,4-5,10H2,1-3H3. The third-order valence-electron chi connectivity index (χ3n) is 4.41. The fraction of sp³-hybridized carbons (Fsp3) is 0.444. The van der Waals surface area contributed by atoms with Crippen LogP contribution in [0, 0.1) is 12.8 Å². The molecule has 0 saturated heterocycles. The van der Waals surface area contributed by atoms with E-state index in [4.69, 9.17) is 4.74 Å². The third-order valence-corrected chi connectivity index (χ3v) is 5.22. The normalized spacial score (nSPS) is 20.5. The monoisotopic (exact) mass is 347 g/mol. The largest absolute Gasteiger partial charge is 0.492 e. The summed E-state index contributed by atoms with van der Waals surface area (Å²) in [7, 11) is -0.726. The van der Waals surface area contributed by atoms with Gasteiger partial charge in [0.25, 0.3) is 5.56 Å². The molecule has 0 bridgehead atoms. The number of nitrogens with zero attached hydrogens (tertiary/aromatic N) is 1. The van der Waals surface area contributed by atoms with Crippen molar-refractivity contribution in [2.45, 2.75) is 32.6 Å². The molecule has 0 aromatic carbocycles. The molecule has 1 unspecified atom stereocenters. The minimum atomic E-state index is -2.40. The van der Waals surface area contributed by atoms with Crippen molar-refractivity contribution in [3.63, 3.8) is 0 Å². The molecule has 24 heavy (non-hydrogen) atoms. The molecule has 0 amide bonds. The molecule has 3 rings (SSSR count). The predicted octanol–water partition coefficient (Wildman–Crippen LogP) is 2.10. The van der Waals surface area contributed by atoms with E-state index in [1.807, 2.05) is 13.0 Å². The number of rotatable bonds is 4. The molecular weight excluding hydrogens is 326 g/mol. The minimum absolute atomic E-state index is 0.0826. The van der Waals surface area contributed by atoms with Crippen LogP contribution < -0.4 is 5.56 Å². The SMILES string of the molecule is CC1=CC(c2cc(C)c(=O)n(C)c2)C(=S(=O)=O)C(OCC2CC2)=C1. The van der Waals surface area contributed by atoms with Crippen LogP contribution in [0.25, 0.3) is 0 Å². The number of aromatic nitrogens is 1. The van der Waals surface area contributed by atoms with Crippen LogP contribution in [0.4, 0.5) is 0 Å². The maximum absolute atomic E-state index is 11.9. The molecule has 6 heteroatoms. The van der Waals surface area contributed by atoms with Crippen LogP contribution in [0.1, 0.15) is 36.8 Å². The van der Waals surface area contributed by atoms with Gasteiger partial charge in [-0.1, -0.05) is 11.6 Å². The van der Waals surface area contributed by atoms with Crippen LogP contribution in [0.2, 0.25) is 0 Å². The van der Waals surface area contributed by atoms with Gasteiger partial charge in [0.05, 0.1) is 6.61 Å². The molecule has 1 heterocycles. The Kier molecular flexibility index (Phi) is 4.49. The van der Waals surface area contributed by atoms with Crippen molar-refractivity contribution in [3.05, 3.63) is 57.2 Å². The summed E-state index contributed by atoms with van der Waals surface area (Å²) >= 11 is 0. The summed E-state index contributed by atoms with van der Waals surface area (Å²) < 4.78 is 31.1. The van der Waals surface area contributed by atoms with Crippen molar-refractivity contribution in [1.29, 1.82) is 0 Å². The maximum Gasteiger partial charge on any atom is 0.253 e. The van der Waals surface area contributed by atoms with Gasteiger partial charge in [-0.15, -0.1) is 0 Å². The maximum atomic E-state index is 11.9. The Balaban J connectivity index is 2.05. The topological polar surface area (TPSA) is 65.4 Å². The van der Waals surface area contributed by atoms with E-state index >= 15 is 0 Å². The van der Waals surface area contributed by atoms with E-state index in [2.05, 4.69) is 0 Å². The fourth-order valence-corrected chi connectivity index (χ4v) is 3.63. The van der Waals surface area contributed by atoms with Crippen LogP contribution >= 0.6 is 0 Å². The molecular formula is C18H21NO4S. The summed E-state index contributed by atoms with van der Waals surface area (Å²) in [6, 6.07) is 1.76. The first-order chi connectivity index (χ1) is 11.4. The van der Waals surface area contributed by atoms with Gasteiger partial charge in [-0.25, -0.2) is 0 Å². The van der Waals surface area contributed by atoms with E-state index in [-0.39, 0.29) is 10.4 Å². The number of pyridine rings is 1. The highest BCUT2D eigenvalue weighted by atomic mass is 32.2. The first kappa shape index (κ1) is 16.8. The van der Waals surface area contributed by atoms with Gasteiger partial charge in [0.2, 0.25) is 10.3 Å². The number of hydrogen-bond donors (Lipinski definition) is 0. The number of ether oxygens (including phenoxy) is 1. The lowest BCUT2D eigenvalue weighted by atomic mass is 9.89. The Bertz CT molecular complexity index is 896. The molecule has 0 aliphatic heterocycles. The first-order valence-corrected chi connectivity index (χ1v) is 9.11. The van der Waals surface area contributed by atoms with Crippen molar-refractivity contribution < 1.29 is 13.2 Å². The molecule has 2 aliphatic carbocycles. The molecule has 1 fully saturated rings. The van der Waals surface area contributed by atoms with E-state index in [0.717, 1.165) is 24.0 Å². The van der Waals surface area contributed by atoms with Crippen molar-refractivity contribution in [3.8, 4) is 0 Å². The summed E-state index contributed by atoms with van der Waals surface area (Å²) in [4.78, 5) is 12.2. The van der Waals surface area contributed by atoms with E-state index in [0.29, 0.717) is 23.8 Å². The van der Waals surface area contributed by atoms with Gasteiger partial charge in [-0.3, -0.25) is 4.79 Å². The molecule has 5 nitrogen and oxygen atoms in total. The van der Waals surface area contributed by atoms with Crippen LogP contribution in [0.5, 0.6) is 0 Å². The van der Waals surface area contributed by atoms with Gasteiger partial charge in [-0.05, 0) is 50.3 Å². The zero-order valence-corrected chi connectivity index (χ0v) is 14.9. The molecule has 1 atom stereocenters. The van der Waals surface area contributed by atoms with Gasteiger partial charge >= 0.3 is 0 Å². The van der Waals surface area contributed by atoms with E-state index in [9.17, 15) is 13.2 Å². The Hall–Kier alpha value is -2.08. The van der Waals surface area contributed by atoms with E-state index in [1.54, 1.807) is 32.3 Å². The molecule has 1 aromatic rings. The third kappa shape index (κ3) is 3.38. The molecule has 1 aromatic heterocycles. The average molecular weight is 347 g/mol.